The molecule has 0 unspecified atom stereocenters. The van der Waals surface area contributed by atoms with E-state index in [-0.39, 0.29) is 0 Å². The van der Waals surface area contributed by atoms with Gasteiger partial charge < -0.3 is 13.4 Å². The average molecular weight is 821 g/mol. The summed E-state index contributed by atoms with van der Waals surface area (Å²) in [6.07, 6.45) is 1.98. The first-order valence-electron chi connectivity index (χ1n) is 21.3. The highest BCUT2D eigenvalue weighted by molar-refractivity contribution is 6.28. The Hall–Kier alpha value is -8.88. The van der Waals surface area contributed by atoms with Crippen molar-refractivity contribution < 1.29 is 8.83 Å². The van der Waals surface area contributed by atoms with E-state index in [0.717, 1.165) is 110 Å². The molecule has 0 spiro atoms. The molecule has 6 heterocycles. The summed E-state index contributed by atoms with van der Waals surface area (Å²) in [5.41, 5.74) is 10.9. The molecule has 64 heavy (non-hydrogen) atoms. The van der Waals surface area contributed by atoms with Gasteiger partial charge in [-0.25, -0.2) is 19.9 Å². The lowest BCUT2D eigenvalue weighted by Crippen LogP contribution is -2.07. The summed E-state index contributed by atoms with van der Waals surface area (Å²) in [6.45, 7) is 0. The Bertz CT molecular complexity index is 4140. The average Bonchev–Trinajstić information content (AvgIpc) is 4.12. The number of aromatic nitrogens is 6. The number of nitrogens with zero attached hydrogens (tertiary/aromatic N) is 6. The van der Waals surface area contributed by atoms with E-state index in [1.54, 1.807) is 0 Å². The summed E-state index contributed by atoms with van der Waals surface area (Å²) in [5.74, 6) is 2.33. The highest BCUT2D eigenvalue weighted by Gasteiger charge is 2.25. The zero-order valence-corrected chi connectivity index (χ0v) is 34.0. The molecule has 8 heteroatoms. The number of pyridine rings is 1. The first-order valence-corrected chi connectivity index (χ1v) is 21.3. The second-order valence-corrected chi connectivity index (χ2v) is 16.2. The van der Waals surface area contributed by atoms with Gasteiger partial charge in [-0.05, 0) is 54.6 Å². The van der Waals surface area contributed by atoms with Crippen LogP contribution in [0.2, 0.25) is 0 Å². The monoisotopic (exact) mass is 820 g/mol. The van der Waals surface area contributed by atoms with Gasteiger partial charge in [-0.1, -0.05) is 133 Å². The molecule has 0 fully saturated rings. The Morgan fingerprint density at radius 1 is 0.344 bits per heavy atom. The third-order valence-corrected chi connectivity index (χ3v) is 12.6. The molecule has 6 aromatic heterocycles. The largest absolute Gasteiger partial charge is 0.456 e. The topological polar surface area (TPSA) is 87.7 Å². The molecule has 14 rings (SSSR count). The van der Waals surface area contributed by atoms with Crippen molar-refractivity contribution in [3.63, 3.8) is 0 Å². The first-order chi connectivity index (χ1) is 31.7. The van der Waals surface area contributed by atoms with Gasteiger partial charge in [0.1, 0.15) is 28.1 Å². The van der Waals surface area contributed by atoms with Crippen LogP contribution in [0.1, 0.15) is 0 Å². The zero-order valence-electron chi connectivity index (χ0n) is 34.0. The molecule has 0 N–H and O–H groups in total. The lowest BCUT2D eigenvalue weighted by atomic mass is 10.1. The summed E-state index contributed by atoms with van der Waals surface area (Å²) in [5, 5.41) is 8.75. The lowest BCUT2D eigenvalue weighted by Gasteiger charge is -2.16. The van der Waals surface area contributed by atoms with E-state index in [4.69, 9.17) is 28.8 Å². The van der Waals surface area contributed by atoms with Gasteiger partial charge in [0.15, 0.2) is 17.5 Å². The summed E-state index contributed by atoms with van der Waals surface area (Å²) in [4.78, 5) is 21.2. The molecule has 298 valence electrons. The normalized spacial score (nSPS) is 12.1. The van der Waals surface area contributed by atoms with Crippen molar-refractivity contribution in [3.05, 3.63) is 194 Å². The van der Waals surface area contributed by atoms with Crippen LogP contribution in [-0.4, -0.2) is 29.1 Å². The quantitative estimate of drug-likeness (QED) is 0.172. The van der Waals surface area contributed by atoms with Gasteiger partial charge in [-0.15, -0.1) is 0 Å². The van der Waals surface area contributed by atoms with Crippen molar-refractivity contribution in [3.8, 4) is 45.7 Å². The fraction of sp³-hybridized carbons (Fsp3) is 0. The maximum atomic E-state index is 6.44. The van der Waals surface area contributed by atoms with Crippen LogP contribution in [0.5, 0.6) is 0 Å². The molecule has 8 aromatic carbocycles. The van der Waals surface area contributed by atoms with Crippen molar-refractivity contribution in [2.24, 2.45) is 0 Å². The van der Waals surface area contributed by atoms with Gasteiger partial charge in [0.25, 0.3) is 0 Å². The van der Waals surface area contributed by atoms with Gasteiger partial charge in [0.2, 0.25) is 0 Å². The van der Waals surface area contributed by atoms with Crippen molar-refractivity contribution >= 4 is 87.5 Å². The van der Waals surface area contributed by atoms with Gasteiger partial charge in [-0.2, -0.15) is 0 Å². The van der Waals surface area contributed by atoms with E-state index in [2.05, 4.69) is 112 Å². The predicted octanol–water partition coefficient (Wildman–Crippen LogP) is 14.3. The van der Waals surface area contributed by atoms with Crippen LogP contribution >= 0.6 is 0 Å². The van der Waals surface area contributed by atoms with Crippen molar-refractivity contribution in [1.29, 1.82) is 0 Å². The zero-order chi connectivity index (χ0) is 41.9. The molecule has 0 aliphatic rings. The third-order valence-electron chi connectivity index (χ3n) is 12.6. The summed E-state index contributed by atoms with van der Waals surface area (Å²) in [6, 6.07) is 64.4. The molecular weight excluding hydrogens is 789 g/mol. The molecule has 0 radical (unpaired) electrons. The van der Waals surface area contributed by atoms with Crippen LogP contribution in [0.15, 0.2) is 203 Å². The summed E-state index contributed by atoms with van der Waals surface area (Å²) < 4.78 is 17.4. The van der Waals surface area contributed by atoms with E-state index in [9.17, 15) is 0 Å². The van der Waals surface area contributed by atoms with Crippen molar-refractivity contribution in [2.45, 2.75) is 0 Å². The van der Waals surface area contributed by atoms with Crippen LogP contribution in [0.25, 0.3) is 133 Å². The number of benzene rings is 8. The number of hydrogen-bond acceptors (Lipinski definition) is 6. The van der Waals surface area contributed by atoms with E-state index in [1.165, 1.54) is 0 Å². The van der Waals surface area contributed by atoms with Crippen LogP contribution in [0.4, 0.5) is 0 Å². The van der Waals surface area contributed by atoms with Gasteiger partial charge in [-0.3, -0.25) is 4.57 Å². The summed E-state index contributed by atoms with van der Waals surface area (Å²) in [7, 11) is 0. The SMILES string of the molecule is c1ccc(-c2nc(-c3ccccc3)nc(-c3cc(-n4c5ccccc5c5c6c(ccc54)oc4ccccc46)cnc3-n3c4ccccc4c4c5c(ccc43)oc3ccccc35)n2)cc1. The molecule has 0 saturated heterocycles. The number of para-hydroxylation sites is 4. The Balaban J connectivity index is 1.11. The van der Waals surface area contributed by atoms with Crippen molar-refractivity contribution in [1.82, 2.24) is 29.1 Å². The predicted molar refractivity (Wildman–Crippen MR) is 257 cm³/mol. The van der Waals surface area contributed by atoms with E-state index in [0.29, 0.717) is 23.3 Å². The molecule has 0 saturated carbocycles. The minimum atomic E-state index is 0.502. The molecule has 0 bridgehead atoms. The Labute approximate surface area is 363 Å². The maximum absolute atomic E-state index is 6.44. The number of rotatable bonds is 5. The molecule has 8 nitrogen and oxygen atoms in total. The molecule has 0 amide bonds. The minimum absolute atomic E-state index is 0.502. The van der Waals surface area contributed by atoms with Crippen LogP contribution in [0, 0.1) is 0 Å². The van der Waals surface area contributed by atoms with Gasteiger partial charge in [0.05, 0.1) is 39.5 Å². The lowest BCUT2D eigenvalue weighted by molar-refractivity contribution is 0.669. The van der Waals surface area contributed by atoms with Gasteiger partial charge >= 0.3 is 0 Å². The fourth-order valence-electron chi connectivity index (χ4n) is 9.90. The Kier molecular flexibility index (Phi) is 7.23. The highest BCUT2D eigenvalue weighted by atomic mass is 16.3. The Morgan fingerprint density at radius 2 is 0.797 bits per heavy atom. The molecule has 0 atom stereocenters. The standard InChI is InChI=1S/C56H32N6O2/c1-3-15-33(16-4-1)53-58-54(34-17-5-2-6-18-34)60-55(59-53)40-31-35(61-41-23-11-7-19-36(41)49-43(61)27-29-47-51(49)38-21-9-13-25-45(38)63-47)32-57-56(40)62-42-24-12-8-20-37(42)50-44(62)28-30-48-52(50)39-22-10-14-26-46(39)64-48/h1-32H. The molecular formula is C56H32N6O2. The molecule has 0 aliphatic carbocycles. The fourth-order valence-corrected chi connectivity index (χ4v) is 9.90. The Morgan fingerprint density at radius 3 is 1.36 bits per heavy atom. The second-order valence-electron chi connectivity index (χ2n) is 16.2. The minimum Gasteiger partial charge on any atom is -0.456 e. The first kappa shape index (κ1) is 34.8. The smallest absolute Gasteiger partial charge is 0.167 e. The van der Waals surface area contributed by atoms with E-state index in [1.807, 2.05) is 91.1 Å². The molecule has 0 aliphatic heterocycles. The third kappa shape index (κ3) is 4.99. The number of hydrogen-bond donors (Lipinski definition) is 0. The van der Waals surface area contributed by atoms with Crippen LogP contribution < -0.4 is 0 Å². The number of furan rings is 2. The van der Waals surface area contributed by atoms with Crippen LogP contribution in [-0.2, 0) is 0 Å². The molecule has 14 aromatic rings. The van der Waals surface area contributed by atoms with Gasteiger partial charge in [0, 0.05) is 54.2 Å². The highest BCUT2D eigenvalue weighted by Crippen LogP contribution is 2.44. The number of fused-ring (bicyclic) bond motifs is 14. The second kappa shape index (κ2) is 13.3. The summed E-state index contributed by atoms with van der Waals surface area (Å²) >= 11 is 0. The van der Waals surface area contributed by atoms with Crippen LogP contribution in [0.3, 0.4) is 0 Å². The van der Waals surface area contributed by atoms with E-state index < -0.39 is 0 Å². The maximum Gasteiger partial charge on any atom is 0.167 e. The van der Waals surface area contributed by atoms with Crippen molar-refractivity contribution in [2.75, 3.05) is 0 Å². The van der Waals surface area contributed by atoms with E-state index >= 15 is 0 Å².